The second-order valence-corrected chi connectivity index (χ2v) is 8.15. The fraction of sp³-hybridized carbons (Fsp3) is 0.824. The predicted molar refractivity (Wildman–Crippen MR) is 96.8 cm³/mol. The van der Waals surface area contributed by atoms with Gasteiger partial charge in [0.25, 0.3) is 0 Å². The molecule has 2 heterocycles. The smallest absolute Gasteiger partial charge is 0.224 e. The van der Waals surface area contributed by atoms with Gasteiger partial charge in [0.1, 0.15) is 5.01 Å². The lowest BCUT2D eigenvalue weighted by atomic mass is 9.90. The van der Waals surface area contributed by atoms with Crippen LogP contribution in [-0.4, -0.2) is 46.7 Å². The first-order valence-electron chi connectivity index (χ1n) is 9.32. The summed E-state index contributed by atoms with van der Waals surface area (Å²) in [5.74, 6) is 0.394. The second kappa shape index (κ2) is 8.76. The lowest BCUT2D eigenvalue weighted by molar-refractivity contribution is -0.127. The van der Waals surface area contributed by atoms with Gasteiger partial charge in [-0.1, -0.05) is 30.6 Å². The van der Waals surface area contributed by atoms with Crippen molar-refractivity contribution in [2.24, 2.45) is 5.92 Å². The Labute approximate surface area is 148 Å². The molecule has 1 aliphatic carbocycles. The largest absolute Gasteiger partial charge is 0.374 e. The van der Waals surface area contributed by atoms with Crippen LogP contribution in [0, 0.1) is 5.92 Å². The van der Waals surface area contributed by atoms with E-state index in [1.54, 1.807) is 0 Å². The molecule has 1 aliphatic heterocycles. The molecule has 0 unspecified atom stereocenters. The van der Waals surface area contributed by atoms with Crippen molar-refractivity contribution >= 4 is 22.4 Å². The number of anilines is 1. The Morgan fingerprint density at radius 2 is 2.04 bits per heavy atom. The monoisotopic (exact) mass is 351 g/mol. The molecule has 1 saturated heterocycles. The van der Waals surface area contributed by atoms with E-state index in [4.69, 9.17) is 5.73 Å². The SMILES string of the molecule is Nc1nnc(CCCNC(=O)[C@@H]2CCCN(C3CCCCC3)C2)s1. The summed E-state index contributed by atoms with van der Waals surface area (Å²) in [6.07, 6.45) is 10.6. The Morgan fingerprint density at radius 3 is 2.79 bits per heavy atom. The van der Waals surface area contributed by atoms with Crippen LogP contribution in [0.15, 0.2) is 0 Å². The van der Waals surface area contributed by atoms with Crippen LogP contribution in [0.1, 0.15) is 56.4 Å². The molecule has 1 amide bonds. The molecule has 24 heavy (non-hydrogen) atoms. The number of hydrogen-bond donors (Lipinski definition) is 2. The maximum absolute atomic E-state index is 12.5. The molecule has 134 valence electrons. The summed E-state index contributed by atoms with van der Waals surface area (Å²) in [5, 5.41) is 12.4. The highest BCUT2D eigenvalue weighted by Gasteiger charge is 2.30. The molecule has 1 saturated carbocycles. The van der Waals surface area contributed by atoms with Crippen LogP contribution >= 0.6 is 11.3 Å². The third-order valence-corrected chi connectivity index (χ3v) is 6.08. The van der Waals surface area contributed by atoms with E-state index in [-0.39, 0.29) is 11.8 Å². The standard InChI is InChI=1S/C17H29N5OS/c18-17-21-20-15(24-17)9-4-10-19-16(23)13-6-5-11-22(12-13)14-7-2-1-3-8-14/h13-14H,1-12H2,(H2,18,21)(H,19,23)/t13-/m1/s1. The topological polar surface area (TPSA) is 84.1 Å². The van der Waals surface area contributed by atoms with Gasteiger partial charge in [-0.05, 0) is 38.6 Å². The highest BCUT2D eigenvalue weighted by Crippen LogP contribution is 2.27. The number of likely N-dealkylation sites (tertiary alicyclic amines) is 1. The minimum absolute atomic E-state index is 0.165. The number of aromatic nitrogens is 2. The Balaban J connectivity index is 1.37. The number of carbonyl (C=O) groups is 1. The van der Waals surface area contributed by atoms with Gasteiger partial charge >= 0.3 is 0 Å². The van der Waals surface area contributed by atoms with Gasteiger partial charge < -0.3 is 11.1 Å². The van der Waals surface area contributed by atoms with Crippen molar-refractivity contribution in [2.75, 3.05) is 25.4 Å². The third kappa shape index (κ3) is 4.89. The zero-order chi connectivity index (χ0) is 16.8. The summed E-state index contributed by atoms with van der Waals surface area (Å²) < 4.78 is 0. The normalized spacial score (nSPS) is 23.2. The van der Waals surface area contributed by atoms with Crippen LogP contribution in [0.3, 0.4) is 0 Å². The van der Waals surface area contributed by atoms with Crippen LogP contribution in [0.5, 0.6) is 0 Å². The molecular weight excluding hydrogens is 322 g/mol. The van der Waals surface area contributed by atoms with Crippen LogP contribution in [-0.2, 0) is 11.2 Å². The van der Waals surface area contributed by atoms with Crippen LogP contribution in [0.25, 0.3) is 0 Å². The number of nitrogens with two attached hydrogens (primary N) is 1. The van der Waals surface area contributed by atoms with Crippen molar-refractivity contribution in [2.45, 2.75) is 63.8 Å². The molecule has 3 N–H and O–H groups in total. The third-order valence-electron chi connectivity index (χ3n) is 5.26. The second-order valence-electron chi connectivity index (χ2n) is 7.05. The average molecular weight is 352 g/mol. The first-order valence-corrected chi connectivity index (χ1v) is 10.1. The van der Waals surface area contributed by atoms with Gasteiger partial charge in [-0.15, -0.1) is 10.2 Å². The average Bonchev–Trinajstić information content (AvgIpc) is 3.05. The van der Waals surface area contributed by atoms with Crippen molar-refractivity contribution in [3.63, 3.8) is 0 Å². The zero-order valence-electron chi connectivity index (χ0n) is 14.4. The molecule has 2 aliphatic rings. The van der Waals surface area contributed by atoms with Gasteiger partial charge in [0.05, 0.1) is 5.92 Å². The Hall–Kier alpha value is -1.21. The molecule has 1 atom stereocenters. The highest BCUT2D eigenvalue weighted by molar-refractivity contribution is 7.15. The number of amides is 1. The number of piperidine rings is 1. The molecule has 6 nitrogen and oxygen atoms in total. The van der Waals surface area contributed by atoms with Crippen molar-refractivity contribution in [1.82, 2.24) is 20.4 Å². The molecule has 0 aromatic carbocycles. The predicted octanol–water partition coefficient (Wildman–Crippen LogP) is 2.21. The van der Waals surface area contributed by atoms with Crippen molar-refractivity contribution in [3.8, 4) is 0 Å². The molecule has 0 radical (unpaired) electrons. The summed E-state index contributed by atoms with van der Waals surface area (Å²) in [6, 6.07) is 0.720. The van der Waals surface area contributed by atoms with E-state index in [1.165, 1.54) is 50.0 Å². The minimum atomic E-state index is 0.165. The molecule has 3 rings (SSSR count). The fourth-order valence-corrected chi connectivity index (χ4v) is 4.61. The van der Waals surface area contributed by atoms with Crippen molar-refractivity contribution in [3.05, 3.63) is 5.01 Å². The van der Waals surface area contributed by atoms with Gasteiger partial charge in [-0.3, -0.25) is 9.69 Å². The molecule has 1 aromatic rings. The van der Waals surface area contributed by atoms with E-state index in [0.717, 1.165) is 43.3 Å². The Kier molecular flexibility index (Phi) is 6.43. The van der Waals surface area contributed by atoms with E-state index >= 15 is 0 Å². The first-order chi connectivity index (χ1) is 11.7. The molecular formula is C17H29N5OS. The number of carbonyl (C=O) groups excluding carboxylic acids is 1. The Morgan fingerprint density at radius 1 is 1.21 bits per heavy atom. The Bertz CT molecular complexity index is 529. The zero-order valence-corrected chi connectivity index (χ0v) is 15.2. The molecule has 2 fully saturated rings. The molecule has 7 heteroatoms. The van der Waals surface area contributed by atoms with Gasteiger partial charge in [0.2, 0.25) is 11.0 Å². The fourth-order valence-electron chi connectivity index (χ4n) is 3.96. The number of nitrogens with zero attached hydrogens (tertiary/aromatic N) is 3. The van der Waals surface area contributed by atoms with E-state index < -0.39 is 0 Å². The minimum Gasteiger partial charge on any atom is -0.374 e. The summed E-state index contributed by atoms with van der Waals surface area (Å²) in [5.41, 5.74) is 5.57. The number of nitrogens with one attached hydrogen (secondary N) is 1. The van der Waals surface area contributed by atoms with Gasteiger partial charge in [-0.25, -0.2) is 0 Å². The van der Waals surface area contributed by atoms with Gasteiger partial charge in [0.15, 0.2) is 0 Å². The molecule has 1 aromatic heterocycles. The van der Waals surface area contributed by atoms with Crippen molar-refractivity contribution in [1.29, 1.82) is 0 Å². The van der Waals surface area contributed by atoms with E-state index in [2.05, 4.69) is 20.4 Å². The van der Waals surface area contributed by atoms with Gasteiger partial charge in [0, 0.05) is 25.6 Å². The van der Waals surface area contributed by atoms with E-state index in [0.29, 0.717) is 11.7 Å². The van der Waals surface area contributed by atoms with Crippen LogP contribution in [0.4, 0.5) is 5.13 Å². The number of rotatable bonds is 6. The summed E-state index contributed by atoms with van der Waals surface area (Å²) in [4.78, 5) is 15.0. The highest BCUT2D eigenvalue weighted by atomic mass is 32.1. The quantitative estimate of drug-likeness (QED) is 0.768. The summed E-state index contributed by atoms with van der Waals surface area (Å²) in [7, 11) is 0. The molecule has 0 spiro atoms. The van der Waals surface area contributed by atoms with Gasteiger partial charge in [-0.2, -0.15) is 0 Å². The first kappa shape index (κ1) is 17.6. The maximum Gasteiger partial charge on any atom is 0.224 e. The lowest BCUT2D eigenvalue weighted by Crippen LogP contribution is -2.47. The summed E-state index contributed by atoms with van der Waals surface area (Å²) in [6.45, 7) is 2.83. The number of aryl methyl sites for hydroxylation is 1. The van der Waals surface area contributed by atoms with Crippen LogP contribution in [0.2, 0.25) is 0 Å². The van der Waals surface area contributed by atoms with E-state index in [1.807, 2.05) is 0 Å². The van der Waals surface area contributed by atoms with E-state index in [9.17, 15) is 4.79 Å². The maximum atomic E-state index is 12.5. The lowest BCUT2D eigenvalue weighted by Gasteiger charge is -2.39. The summed E-state index contributed by atoms with van der Waals surface area (Å²) >= 11 is 1.43. The number of nitrogen functional groups attached to an aromatic ring is 1. The van der Waals surface area contributed by atoms with Crippen LogP contribution < -0.4 is 11.1 Å². The molecule has 0 bridgehead atoms. The number of hydrogen-bond acceptors (Lipinski definition) is 6. The van der Waals surface area contributed by atoms with Crippen molar-refractivity contribution < 1.29 is 4.79 Å².